The zero-order chi connectivity index (χ0) is 25.0. The van der Waals surface area contributed by atoms with Gasteiger partial charge in [0.25, 0.3) is 5.69 Å². The van der Waals surface area contributed by atoms with Gasteiger partial charge in [-0.05, 0) is 27.9 Å². The molecule has 34 heavy (non-hydrogen) atoms. The summed E-state index contributed by atoms with van der Waals surface area (Å²) in [6.45, 7) is 4.88. The summed E-state index contributed by atoms with van der Waals surface area (Å²) in [6.07, 6.45) is 3.92. The Morgan fingerprint density at radius 1 is 1.24 bits per heavy atom. The third kappa shape index (κ3) is 5.29. The van der Waals surface area contributed by atoms with E-state index < -0.39 is 4.92 Å². The van der Waals surface area contributed by atoms with Gasteiger partial charge in [0.15, 0.2) is 12.1 Å². The largest absolute Gasteiger partial charge is 0.494 e. The molecular formula is C22H28N8O4. The number of nitrogens with zero attached hydrogens (tertiary/aromatic N) is 7. The number of hydrogen-bond donors (Lipinski definition) is 1. The van der Waals surface area contributed by atoms with Crippen LogP contribution in [0.15, 0.2) is 24.5 Å². The molecule has 12 heteroatoms. The van der Waals surface area contributed by atoms with Crippen molar-refractivity contribution < 1.29 is 14.5 Å². The molecule has 1 N–H and O–H groups in total. The fraction of sp³-hybridized carbons (Fsp3) is 0.364. The molecule has 0 atom stereocenters. The van der Waals surface area contributed by atoms with Crippen molar-refractivity contribution in [2.24, 2.45) is 0 Å². The minimum absolute atomic E-state index is 0.0739. The molecule has 2 aromatic heterocycles. The Bertz CT molecular complexity index is 1210. The van der Waals surface area contributed by atoms with E-state index in [1.165, 1.54) is 17.9 Å². The smallest absolute Gasteiger partial charge is 0.294 e. The van der Waals surface area contributed by atoms with E-state index >= 15 is 0 Å². The van der Waals surface area contributed by atoms with Crippen LogP contribution in [0.2, 0.25) is 0 Å². The number of hydrogen-bond acceptors (Lipinski definition) is 10. The number of likely N-dealkylation sites (N-methyl/N-ethyl adjacent to an activating group) is 2. The zero-order valence-electron chi connectivity index (χ0n) is 20.1. The lowest BCUT2D eigenvalue weighted by Gasteiger charge is -2.22. The van der Waals surface area contributed by atoms with Gasteiger partial charge in [-0.25, -0.2) is 9.67 Å². The Kier molecular flexibility index (Phi) is 7.41. The van der Waals surface area contributed by atoms with Gasteiger partial charge in [0, 0.05) is 50.2 Å². The summed E-state index contributed by atoms with van der Waals surface area (Å²) in [5, 5.41) is 19.2. The third-order valence-corrected chi connectivity index (χ3v) is 5.26. The van der Waals surface area contributed by atoms with Gasteiger partial charge in [-0.3, -0.25) is 14.9 Å². The molecule has 0 aliphatic carbocycles. The second-order valence-corrected chi connectivity index (χ2v) is 8.08. The highest BCUT2D eigenvalue weighted by Gasteiger charge is 2.22. The van der Waals surface area contributed by atoms with Gasteiger partial charge in [-0.2, -0.15) is 10.1 Å². The summed E-state index contributed by atoms with van der Waals surface area (Å²) in [6, 6.07) is 3.03. The van der Waals surface area contributed by atoms with Crippen molar-refractivity contribution in [1.29, 1.82) is 0 Å². The van der Waals surface area contributed by atoms with Crippen LogP contribution in [0.3, 0.4) is 0 Å². The maximum absolute atomic E-state index is 11.8. The first-order chi connectivity index (χ1) is 16.1. The molecule has 180 valence electrons. The van der Waals surface area contributed by atoms with Crippen LogP contribution in [0, 0.1) is 24.0 Å². The number of nitro groups is 1. The molecule has 12 nitrogen and oxygen atoms in total. The number of aromatic nitrogens is 4. The maximum atomic E-state index is 11.8. The average molecular weight is 469 g/mol. The molecule has 0 saturated carbocycles. The highest BCUT2D eigenvalue weighted by molar-refractivity contribution is 5.77. The van der Waals surface area contributed by atoms with Crippen LogP contribution in [0.25, 0.3) is 5.82 Å². The van der Waals surface area contributed by atoms with Crippen molar-refractivity contribution in [3.8, 4) is 11.6 Å². The third-order valence-electron chi connectivity index (χ3n) is 5.26. The van der Waals surface area contributed by atoms with E-state index in [0.29, 0.717) is 40.7 Å². The molecule has 0 fully saturated rings. The Hall–Kier alpha value is -4.06. The molecule has 0 radical (unpaired) electrons. The number of rotatable bonds is 10. The second kappa shape index (κ2) is 10.3. The summed E-state index contributed by atoms with van der Waals surface area (Å²) >= 11 is 0. The van der Waals surface area contributed by atoms with Crippen LogP contribution in [0.4, 0.5) is 23.0 Å². The van der Waals surface area contributed by atoms with Gasteiger partial charge < -0.3 is 19.9 Å². The fourth-order valence-corrected chi connectivity index (χ4v) is 3.29. The van der Waals surface area contributed by atoms with E-state index in [-0.39, 0.29) is 11.6 Å². The molecule has 0 aliphatic heterocycles. The molecule has 0 aliphatic rings. The van der Waals surface area contributed by atoms with Crippen molar-refractivity contribution >= 4 is 29.3 Å². The number of nitrogens with one attached hydrogen (secondary N) is 1. The minimum atomic E-state index is -0.430. The number of anilines is 3. The SMILES string of the molecule is COc1cc(N(C)CCN(C)C)c([N+](=O)[O-])cc1Nc1ncc(C)c(-n2cc(C=O)c(C)n2)n1. The van der Waals surface area contributed by atoms with Crippen LogP contribution in [0.5, 0.6) is 5.75 Å². The normalized spacial score (nSPS) is 10.9. The molecule has 0 amide bonds. The fourth-order valence-electron chi connectivity index (χ4n) is 3.29. The van der Waals surface area contributed by atoms with Gasteiger partial charge in [-0.15, -0.1) is 0 Å². The predicted molar refractivity (Wildman–Crippen MR) is 129 cm³/mol. The Labute approximate surface area is 197 Å². The number of benzene rings is 1. The average Bonchev–Trinajstić information content (AvgIpc) is 3.18. The van der Waals surface area contributed by atoms with E-state index in [9.17, 15) is 14.9 Å². The number of nitro benzene ring substituents is 1. The van der Waals surface area contributed by atoms with E-state index in [2.05, 4.69) is 20.4 Å². The summed E-state index contributed by atoms with van der Waals surface area (Å²) in [4.78, 5) is 35.2. The molecular weight excluding hydrogens is 440 g/mol. The lowest BCUT2D eigenvalue weighted by Crippen LogP contribution is -2.29. The van der Waals surface area contributed by atoms with Crippen molar-refractivity contribution in [2.75, 3.05) is 51.6 Å². The number of aryl methyl sites for hydroxylation is 2. The van der Waals surface area contributed by atoms with Crippen LogP contribution in [-0.2, 0) is 0 Å². The summed E-state index contributed by atoms with van der Waals surface area (Å²) < 4.78 is 7.01. The quantitative estimate of drug-likeness (QED) is 0.269. The topological polar surface area (TPSA) is 132 Å². The summed E-state index contributed by atoms with van der Waals surface area (Å²) in [5.74, 6) is 1.08. The monoisotopic (exact) mass is 468 g/mol. The number of ether oxygens (including phenoxy) is 1. The Morgan fingerprint density at radius 3 is 2.56 bits per heavy atom. The van der Waals surface area contributed by atoms with Crippen molar-refractivity contribution in [3.63, 3.8) is 0 Å². The molecule has 0 saturated heterocycles. The summed E-state index contributed by atoms with van der Waals surface area (Å²) in [7, 11) is 7.17. The van der Waals surface area contributed by atoms with Gasteiger partial charge in [0.2, 0.25) is 5.95 Å². The number of aldehydes is 1. The lowest BCUT2D eigenvalue weighted by molar-refractivity contribution is -0.384. The van der Waals surface area contributed by atoms with Gasteiger partial charge in [-0.1, -0.05) is 0 Å². The van der Waals surface area contributed by atoms with Gasteiger partial charge >= 0.3 is 0 Å². The molecule has 3 rings (SSSR count). The number of methoxy groups -OCH3 is 1. The summed E-state index contributed by atoms with van der Waals surface area (Å²) in [5.41, 5.74) is 2.48. The molecule has 1 aromatic carbocycles. The predicted octanol–water partition coefficient (Wildman–Crippen LogP) is 2.75. The first kappa shape index (κ1) is 24.6. The van der Waals surface area contributed by atoms with Gasteiger partial charge in [0.1, 0.15) is 11.4 Å². The van der Waals surface area contributed by atoms with Crippen LogP contribution >= 0.6 is 0 Å². The Balaban J connectivity index is 1.99. The van der Waals surface area contributed by atoms with Crippen molar-refractivity contribution in [3.05, 3.63) is 51.5 Å². The van der Waals surface area contributed by atoms with E-state index in [1.807, 2.05) is 30.8 Å². The first-order valence-corrected chi connectivity index (χ1v) is 10.5. The zero-order valence-corrected chi connectivity index (χ0v) is 20.1. The van der Waals surface area contributed by atoms with E-state index in [4.69, 9.17) is 4.74 Å². The molecule has 2 heterocycles. The number of carbonyl (C=O) groups is 1. The van der Waals surface area contributed by atoms with Gasteiger partial charge in [0.05, 0.1) is 29.0 Å². The van der Waals surface area contributed by atoms with Crippen LogP contribution in [0.1, 0.15) is 21.6 Å². The van der Waals surface area contributed by atoms with E-state index in [0.717, 1.165) is 18.4 Å². The highest BCUT2D eigenvalue weighted by Crippen LogP contribution is 2.38. The minimum Gasteiger partial charge on any atom is -0.494 e. The standard InChI is InChI=1S/C22H28N8O4/c1-14-11-23-22(25-21(14)29-12-16(13-31)15(2)26-29)24-17-9-19(30(32)33)18(10-20(17)34-6)28(5)8-7-27(3)4/h9-13H,7-8H2,1-6H3,(H,23,24,25). The highest BCUT2D eigenvalue weighted by atomic mass is 16.6. The molecule has 0 unspecified atom stereocenters. The molecule has 0 spiro atoms. The number of carbonyl (C=O) groups excluding carboxylic acids is 1. The van der Waals surface area contributed by atoms with Crippen molar-refractivity contribution in [2.45, 2.75) is 13.8 Å². The Morgan fingerprint density at radius 2 is 1.97 bits per heavy atom. The van der Waals surface area contributed by atoms with Crippen LogP contribution < -0.4 is 15.0 Å². The lowest BCUT2D eigenvalue weighted by atomic mass is 10.2. The molecule has 3 aromatic rings. The van der Waals surface area contributed by atoms with Crippen molar-refractivity contribution in [1.82, 2.24) is 24.6 Å². The maximum Gasteiger partial charge on any atom is 0.294 e. The molecule has 0 bridgehead atoms. The van der Waals surface area contributed by atoms with Crippen LogP contribution in [-0.4, -0.2) is 77.2 Å². The first-order valence-electron chi connectivity index (χ1n) is 10.5. The van der Waals surface area contributed by atoms with E-state index in [1.54, 1.807) is 32.4 Å². The second-order valence-electron chi connectivity index (χ2n) is 8.08.